The third-order valence-electron chi connectivity index (χ3n) is 4.78. The fourth-order valence-corrected chi connectivity index (χ4v) is 3.80. The van der Waals surface area contributed by atoms with Crippen LogP contribution in [0.25, 0.3) is 5.76 Å². The van der Waals surface area contributed by atoms with Crippen molar-refractivity contribution in [2.45, 2.75) is 6.04 Å². The van der Waals surface area contributed by atoms with Gasteiger partial charge in [-0.05, 0) is 42.0 Å². The molecule has 29 heavy (non-hydrogen) atoms. The molecule has 0 saturated carbocycles. The fourth-order valence-electron chi connectivity index (χ4n) is 3.41. The van der Waals surface area contributed by atoms with Crippen LogP contribution in [-0.4, -0.2) is 16.8 Å². The fraction of sp³-hybridized carbons (Fsp3) is 0.0435. The van der Waals surface area contributed by atoms with E-state index in [1.807, 2.05) is 6.07 Å². The molecule has 0 spiro atoms. The van der Waals surface area contributed by atoms with Crippen molar-refractivity contribution in [3.8, 4) is 0 Å². The third kappa shape index (κ3) is 3.59. The van der Waals surface area contributed by atoms with Gasteiger partial charge in [0.05, 0.1) is 11.6 Å². The van der Waals surface area contributed by atoms with Gasteiger partial charge in [0.15, 0.2) is 0 Å². The number of rotatable bonds is 3. The van der Waals surface area contributed by atoms with Crippen LogP contribution in [0, 0.1) is 0 Å². The maximum absolute atomic E-state index is 13.0. The summed E-state index contributed by atoms with van der Waals surface area (Å²) in [6.07, 6.45) is 0. The molecule has 1 unspecified atom stereocenters. The summed E-state index contributed by atoms with van der Waals surface area (Å²) in [7, 11) is 0. The molecule has 0 radical (unpaired) electrons. The Bertz CT molecular complexity index is 1110. The highest BCUT2D eigenvalue weighted by Crippen LogP contribution is 2.42. The van der Waals surface area contributed by atoms with Gasteiger partial charge in [-0.3, -0.25) is 14.5 Å². The van der Waals surface area contributed by atoms with Crippen LogP contribution in [0.5, 0.6) is 0 Å². The number of halogens is 2. The number of carbonyl (C=O) groups excluding carboxylic acids is 2. The number of hydrogen-bond donors (Lipinski definition) is 1. The molecule has 0 aliphatic carbocycles. The van der Waals surface area contributed by atoms with Gasteiger partial charge in [-0.2, -0.15) is 0 Å². The average Bonchev–Trinajstić information content (AvgIpc) is 3.00. The van der Waals surface area contributed by atoms with Crippen LogP contribution in [0.1, 0.15) is 17.2 Å². The first-order valence-corrected chi connectivity index (χ1v) is 10.0. The molecule has 4 rings (SSSR count). The van der Waals surface area contributed by atoms with Crippen molar-refractivity contribution in [1.29, 1.82) is 0 Å². The van der Waals surface area contributed by atoms with E-state index >= 15 is 0 Å². The summed E-state index contributed by atoms with van der Waals surface area (Å²) < 4.78 is 0.841. The lowest BCUT2D eigenvalue weighted by Crippen LogP contribution is -2.29. The molecule has 4 nitrogen and oxygen atoms in total. The third-order valence-corrected chi connectivity index (χ3v) is 5.56. The lowest BCUT2D eigenvalue weighted by molar-refractivity contribution is -0.132. The summed E-state index contributed by atoms with van der Waals surface area (Å²) in [4.78, 5) is 27.3. The Morgan fingerprint density at radius 2 is 1.52 bits per heavy atom. The highest BCUT2D eigenvalue weighted by Gasteiger charge is 2.46. The number of anilines is 1. The Kier molecular flexibility index (Phi) is 5.26. The Balaban J connectivity index is 1.94. The van der Waals surface area contributed by atoms with E-state index in [1.54, 1.807) is 72.8 Å². The van der Waals surface area contributed by atoms with Crippen molar-refractivity contribution in [3.63, 3.8) is 0 Å². The quantitative estimate of drug-likeness (QED) is 0.303. The van der Waals surface area contributed by atoms with Gasteiger partial charge in [0.2, 0.25) is 0 Å². The normalized spacial score (nSPS) is 18.3. The molecular formula is C23H15BrClNO3. The van der Waals surface area contributed by atoms with Crippen LogP contribution in [0.15, 0.2) is 88.9 Å². The van der Waals surface area contributed by atoms with Crippen LogP contribution < -0.4 is 4.90 Å². The predicted molar refractivity (Wildman–Crippen MR) is 117 cm³/mol. The standard InChI is InChI=1S/C23H15BrClNO3/c24-16-10-6-15(7-11-16)21(27)19-20(14-8-12-17(25)13-9-14)26(23(29)22(19)28)18-4-2-1-3-5-18/h1-13,20,27H/b21-19-. The van der Waals surface area contributed by atoms with E-state index in [4.69, 9.17) is 11.6 Å². The smallest absolute Gasteiger partial charge is 0.300 e. The van der Waals surface area contributed by atoms with Crippen LogP contribution in [0.3, 0.4) is 0 Å². The summed E-state index contributed by atoms with van der Waals surface area (Å²) >= 11 is 9.38. The molecule has 3 aromatic carbocycles. The molecule has 0 bridgehead atoms. The molecule has 1 atom stereocenters. The van der Waals surface area contributed by atoms with Crippen molar-refractivity contribution in [1.82, 2.24) is 0 Å². The number of benzene rings is 3. The average molecular weight is 469 g/mol. The molecule has 1 heterocycles. The van der Waals surface area contributed by atoms with Gasteiger partial charge in [-0.25, -0.2) is 0 Å². The van der Waals surface area contributed by atoms with Crippen LogP contribution in [0.2, 0.25) is 5.02 Å². The highest BCUT2D eigenvalue weighted by atomic mass is 79.9. The minimum Gasteiger partial charge on any atom is -0.507 e. The number of aliphatic hydroxyl groups excluding tert-OH is 1. The zero-order valence-electron chi connectivity index (χ0n) is 15.0. The molecule has 6 heteroatoms. The number of nitrogens with zero attached hydrogens (tertiary/aromatic N) is 1. The van der Waals surface area contributed by atoms with E-state index in [0.29, 0.717) is 21.8 Å². The van der Waals surface area contributed by atoms with E-state index < -0.39 is 17.7 Å². The van der Waals surface area contributed by atoms with Gasteiger partial charge in [-0.15, -0.1) is 0 Å². The largest absolute Gasteiger partial charge is 0.507 e. The first kappa shape index (κ1) is 19.4. The molecular weight excluding hydrogens is 454 g/mol. The Labute approximate surface area is 181 Å². The van der Waals surface area contributed by atoms with Gasteiger partial charge >= 0.3 is 0 Å². The predicted octanol–water partition coefficient (Wildman–Crippen LogP) is 5.73. The van der Waals surface area contributed by atoms with Gasteiger partial charge in [0.1, 0.15) is 5.76 Å². The second-order valence-electron chi connectivity index (χ2n) is 6.56. The number of aliphatic hydroxyl groups is 1. The van der Waals surface area contributed by atoms with Gasteiger partial charge < -0.3 is 5.11 Å². The lowest BCUT2D eigenvalue weighted by atomic mass is 9.95. The second kappa shape index (κ2) is 7.85. The number of Topliss-reactive ketones (excluding diaryl/α,β-unsaturated/α-hetero) is 1. The summed E-state index contributed by atoms with van der Waals surface area (Å²) in [5.74, 6) is -1.63. The summed E-state index contributed by atoms with van der Waals surface area (Å²) in [5, 5.41) is 11.5. The maximum Gasteiger partial charge on any atom is 0.300 e. The van der Waals surface area contributed by atoms with Crippen molar-refractivity contribution in [2.75, 3.05) is 4.90 Å². The van der Waals surface area contributed by atoms with Gasteiger partial charge in [0.25, 0.3) is 11.7 Å². The summed E-state index contributed by atoms with van der Waals surface area (Å²) in [6, 6.07) is 22.0. The molecule has 1 N–H and O–H groups in total. The molecule has 1 amide bonds. The van der Waals surface area contributed by atoms with Crippen molar-refractivity contribution in [3.05, 3.63) is 105 Å². The molecule has 1 fully saturated rings. The molecule has 144 valence electrons. The minimum atomic E-state index is -0.765. The Morgan fingerprint density at radius 3 is 2.14 bits per heavy atom. The topological polar surface area (TPSA) is 57.6 Å². The molecule has 1 aliphatic rings. The van der Waals surface area contributed by atoms with Crippen LogP contribution >= 0.6 is 27.5 Å². The van der Waals surface area contributed by atoms with Crippen molar-refractivity contribution >= 4 is 50.7 Å². The zero-order valence-corrected chi connectivity index (χ0v) is 17.4. The van der Waals surface area contributed by atoms with E-state index in [-0.39, 0.29) is 11.3 Å². The first-order chi connectivity index (χ1) is 14.0. The summed E-state index contributed by atoms with van der Waals surface area (Å²) in [6.45, 7) is 0. The minimum absolute atomic E-state index is 0.0449. The molecule has 0 aromatic heterocycles. The van der Waals surface area contributed by atoms with E-state index in [0.717, 1.165) is 4.47 Å². The Hall–Kier alpha value is -2.89. The van der Waals surface area contributed by atoms with Crippen LogP contribution in [-0.2, 0) is 9.59 Å². The molecule has 1 saturated heterocycles. The number of ketones is 1. The van der Waals surface area contributed by atoms with Gasteiger partial charge in [-0.1, -0.05) is 70.0 Å². The van der Waals surface area contributed by atoms with Crippen molar-refractivity contribution in [2.24, 2.45) is 0 Å². The second-order valence-corrected chi connectivity index (χ2v) is 7.92. The van der Waals surface area contributed by atoms with E-state index in [9.17, 15) is 14.7 Å². The number of para-hydroxylation sites is 1. The number of carbonyl (C=O) groups is 2. The monoisotopic (exact) mass is 467 g/mol. The molecule has 1 aliphatic heterocycles. The SMILES string of the molecule is O=C1C(=O)N(c2ccccc2)C(c2ccc(Cl)cc2)/C1=C(/O)c1ccc(Br)cc1. The van der Waals surface area contributed by atoms with E-state index in [1.165, 1.54) is 4.90 Å². The zero-order chi connectivity index (χ0) is 20.5. The Morgan fingerprint density at radius 1 is 0.897 bits per heavy atom. The first-order valence-electron chi connectivity index (χ1n) is 8.85. The van der Waals surface area contributed by atoms with Gasteiger partial charge in [0, 0.05) is 20.7 Å². The maximum atomic E-state index is 13.0. The van der Waals surface area contributed by atoms with E-state index in [2.05, 4.69) is 15.9 Å². The number of amides is 1. The van der Waals surface area contributed by atoms with Crippen molar-refractivity contribution < 1.29 is 14.7 Å². The lowest BCUT2D eigenvalue weighted by Gasteiger charge is -2.25. The summed E-state index contributed by atoms with van der Waals surface area (Å²) in [5.41, 5.74) is 1.75. The number of hydrogen-bond acceptors (Lipinski definition) is 3. The highest BCUT2D eigenvalue weighted by molar-refractivity contribution is 9.10. The molecule has 3 aromatic rings. The van der Waals surface area contributed by atoms with Crippen LogP contribution in [0.4, 0.5) is 5.69 Å².